The summed E-state index contributed by atoms with van der Waals surface area (Å²) in [5.41, 5.74) is 3.74. The van der Waals surface area contributed by atoms with Gasteiger partial charge in [-0.15, -0.1) is 0 Å². The number of amides is 1. The summed E-state index contributed by atoms with van der Waals surface area (Å²) in [6, 6.07) is 23.3. The van der Waals surface area contributed by atoms with Gasteiger partial charge in [0.25, 0.3) is 5.91 Å². The number of carbonyl (C=O) groups excluding carboxylic acids is 1. The van der Waals surface area contributed by atoms with Crippen LogP contribution in [0.5, 0.6) is 5.75 Å². The van der Waals surface area contributed by atoms with E-state index in [0.717, 1.165) is 27.1 Å². The second kappa shape index (κ2) is 10.2. The Balaban J connectivity index is 1.54. The van der Waals surface area contributed by atoms with Crippen LogP contribution < -0.4 is 10.1 Å². The average Bonchev–Trinajstić information content (AvgIpc) is 3.18. The lowest BCUT2D eigenvalue weighted by molar-refractivity contribution is 0.0937. The average molecular weight is 506 g/mol. The molecule has 4 rings (SSSR count). The van der Waals surface area contributed by atoms with Gasteiger partial charge < -0.3 is 14.6 Å². The number of hydrogen-bond acceptors (Lipinski definition) is 3. The van der Waals surface area contributed by atoms with Crippen LogP contribution in [0.3, 0.4) is 0 Å². The highest BCUT2D eigenvalue weighted by Crippen LogP contribution is 2.26. The molecule has 1 aromatic heterocycles. The Morgan fingerprint density at radius 3 is 2.45 bits per heavy atom. The summed E-state index contributed by atoms with van der Waals surface area (Å²) >= 11 is 3.41. The molecule has 1 atom stereocenters. The second-order valence-electron chi connectivity index (χ2n) is 8.35. The SMILES string of the molecule is CC(C)c1ccccc1OCCn1c(C(C)NC(=O)c2ccc(Br)cc2)nc2ccccc21. The zero-order valence-corrected chi connectivity index (χ0v) is 20.7. The van der Waals surface area contributed by atoms with Crippen molar-refractivity contribution in [2.45, 2.75) is 39.3 Å². The topological polar surface area (TPSA) is 56.1 Å². The molecule has 0 radical (unpaired) electrons. The van der Waals surface area contributed by atoms with E-state index in [9.17, 15) is 4.79 Å². The molecule has 1 amide bonds. The quantitative estimate of drug-likeness (QED) is 0.297. The van der Waals surface area contributed by atoms with Crippen LogP contribution in [0.4, 0.5) is 0 Å². The van der Waals surface area contributed by atoms with Gasteiger partial charge in [0, 0.05) is 10.0 Å². The Morgan fingerprint density at radius 2 is 1.70 bits per heavy atom. The molecule has 0 saturated heterocycles. The van der Waals surface area contributed by atoms with Gasteiger partial charge in [-0.2, -0.15) is 0 Å². The molecule has 6 heteroatoms. The molecule has 0 aliphatic rings. The minimum atomic E-state index is -0.267. The van der Waals surface area contributed by atoms with Crippen molar-refractivity contribution in [3.05, 3.63) is 94.2 Å². The highest BCUT2D eigenvalue weighted by atomic mass is 79.9. The number of hydrogen-bond donors (Lipinski definition) is 1. The minimum Gasteiger partial charge on any atom is -0.491 e. The Hall–Kier alpha value is -3.12. The van der Waals surface area contributed by atoms with E-state index in [0.29, 0.717) is 24.6 Å². The maximum absolute atomic E-state index is 12.8. The third-order valence-corrected chi connectivity index (χ3v) is 6.17. The molecule has 170 valence electrons. The van der Waals surface area contributed by atoms with E-state index in [1.165, 1.54) is 5.56 Å². The number of ether oxygens (including phenoxy) is 1. The molecular weight excluding hydrogens is 478 g/mol. The van der Waals surface area contributed by atoms with Crippen molar-refractivity contribution in [2.75, 3.05) is 6.61 Å². The summed E-state index contributed by atoms with van der Waals surface area (Å²) in [5, 5.41) is 3.09. The van der Waals surface area contributed by atoms with Crippen LogP contribution in [0.15, 0.2) is 77.3 Å². The highest BCUT2D eigenvalue weighted by Gasteiger charge is 2.19. The van der Waals surface area contributed by atoms with E-state index in [2.05, 4.69) is 51.8 Å². The Morgan fingerprint density at radius 1 is 1.00 bits per heavy atom. The van der Waals surface area contributed by atoms with E-state index in [4.69, 9.17) is 9.72 Å². The van der Waals surface area contributed by atoms with Gasteiger partial charge in [-0.3, -0.25) is 4.79 Å². The molecule has 0 aliphatic carbocycles. The van der Waals surface area contributed by atoms with Crippen LogP contribution >= 0.6 is 15.9 Å². The maximum atomic E-state index is 12.8. The summed E-state index contributed by atoms with van der Waals surface area (Å²) in [5.74, 6) is 1.98. The van der Waals surface area contributed by atoms with Gasteiger partial charge in [0.2, 0.25) is 0 Å². The lowest BCUT2D eigenvalue weighted by Crippen LogP contribution is -2.29. The van der Waals surface area contributed by atoms with Crippen LogP contribution in [0.25, 0.3) is 11.0 Å². The Kier molecular flexibility index (Phi) is 7.14. The fourth-order valence-electron chi connectivity index (χ4n) is 3.94. The van der Waals surface area contributed by atoms with E-state index in [1.807, 2.05) is 55.5 Å². The standard InChI is InChI=1S/C27H28BrN3O2/c1-18(2)22-8-4-7-11-25(22)33-17-16-31-24-10-6-5-9-23(24)30-26(31)19(3)29-27(32)20-12-14-21(28)15-13-20/h4-15,18-19H,16-17H2,1-3H3,(H,29,32). The number of para-hydroxylation sites is 3. The molecular formula is C27H28BrN3O2. The molecule has 1 unspecified atom stereocenters. The van der Waals surface area contributed by atoms with Gasteiger partial charge in [-0.25, -0.2) is 4.98 Å². The first-order valence-electron chi connectivity index (χ1n) is 11.2. The van der Waals surface area contributed by atoms with Crippen molar-refractivity contribution >= 4 is 32.9 Å². The Labute approximate surface area is 202 Å². The van der Waals surface area contributed by atoms with Gasteiger partial charge in [0.1, 0.15) is 18.2 Å². The second-order valence-corrected chi connectivity index (χ2v) is 9.27. The zero-order valence-electron chi connectivity index (χ0n) is 19.1. The molecule has 1 heterocycles. The number of benzene rings is 3. The number of nitrogens with one attached hydrogen (secondary N) is 1. The van der Waals surface area contributed by atoms with Crippen molar-refractivity contribution < 1.29 is 9.53 Å². The summed E-state index contributed by atoms with van der Waals surface area (Å²) in [6.07, 6.45) is 0. The van der Waals surface area contributed by atoms with Gasteiger partial charge >= 0.3 is 0 Å². The summed E-state index contributed by atoms with van der Waals surface area (Å²) in [6.45, 7) is 7.42. The number of carbonyl (C=O) groups is 1. The molecule has 1 N–H and O–H groups in total. The molecule has 5 nitrogen and oxygen atoms in total. The molecule has 0 spiro atoms. The molecule has 33 heavy (non-hydrogen) atoms. The van der Waals surface area contributed by atoms with E-state index >= 15 is 0 Å². The van der Waals surface area contributed by atoms with Gasteiger partial charge in [-0.1, -0.05) is 60.1 Å². The lowest BCUT2D eigenvalue weighted by atomic mass is 10.0. The molecule has 0 aliphatic heterocycles. The summed E-state index contributed by atoms with van der Waals surface area (Å²) in [7, 11) is 0. The first-order chi connectivity index (χ1) is 15.9. The van der Waals surface area contributed by atoms with Crippen molar-refractivity contribution in [1.29, 1.82) is 0 Å². The van der Waals surface area contributed by atoms with Crippen LogP contribution in [0.1, 0.15) is 54.5 Å². The number of rotatable bonds is 8. The van der Waals surface area contributed by atoms with Crippen molar-refractivity contribution in [3.63, 3.8) is 0 Å². The van der Waals surface area contributed by atoms with Gasteiger partial charge in [0.05, 0.1) is 23.6 Å². The molecule has 0 fully saturated rings. The normalized spacial score (nSPS) is 12.2. The fraction of sp³-hybridized carbons (Fsp3) is 0.259. The molecule has 4 aromatic rings. The van der Waals surface area contributed by atoms with E-state index in [-0.39, 0.29) is 11.9 Å². The van der Waals surface area contributed by atoms with Crippen LogP contribution in [0.2, 0.25) is 0 Å². The van der Waals surface area contributed by atoms with Crippen LogP contribution in [0, 0.1) is 0 Å². The third kappa shape index (κ3) is 5.28. The monoisotopic (exact) mass is 505 g/mol. The number of nitrogens with zero attached hydrogens (tertiary/aromatic N) is 2. The van der Waals surface area contributed by atoms with E-state index in [1.54, 1.807) is 12.1 Å². The first kappa shape index (κ1) is 23.1. The molecule has 0 bridgehead atoms. The third-order valence-electron chi connectivity index (χ3n) is 5.64. The lowest BCUT2D eigenvalue weighted by Gasteiger charge is -2.18. The predicted octanol–water partition coefficient (Wildman–Crippen LogP) is 6.49. The van der Waals surface area contributed by atoms with Gasteiger partial charge in [-0.05, 0) is 60.9 Å². The first-order valence-corrected chi connectivity index (χ1v) is 12.0. The Bertz CT molecular complexity index is 1250. The number of fused-ring (bicyclic) bond motifs is 1. The number of halogens is 1. The summed E-state index contributed by atoms with van der Waals surface area (Å²) < 4.78 is 9.25. The van der Waals surface area contributed by atoms with Gasteiger partial charge in [0.15, 0.2) is 0 Å². The predicted molar refractivity (Wildman–Crippen MR) is 136 cm³/mol. The fourth-order valence-corrected chi connectivity index (χ4v) is 4.21. The van der Waals surface area contributed by atoms with Crippen molar-refractivity contribution in [1.82, 2.24) is 14.9 Å². The zero-order chi connectivity index (χ0) is 23.4. The van der Waals surface area contributed by atoms with Crippen LogP contribution in [-0.2, 0) is 6.54 Å². The maximum Gasteiger partial charge on any atom is 0.251 e. The van der Waals surface area contributed by atoms with E-state index < -0.39 is 0 Å². The number of aromatic nitrogens is 2. The van der Waals surface area contributed by atoms with Crippen molar-refractivity contribution in [2.24, 2.45) is 0 Å². The van der Waals surface area contributed by atoms with Crippen molar-refractivity contribution in [3.8, 4) is 5.75 Å². The smallest absolute Gasteiger partial charge is 0.251 e. The largest absolute Gasteiger partial charge is 0.491 e. The molecule has 0 saturated carbocycles. The minimum absolute atomic E-state index is 0.129. The highest BCUT2D eigenvalue weighted by molar-refractivity contribution is 9.10. The molecule has 3 aromatic carbocycles. The van der Waals surface area contributed by atoms with Crippen LogP contribution in [-0.4, -0.2) is 22.1 Å². The number of imidazole rings is 1. The summed E-state index contributed by atoms with van der Waals surface area (Å²) in [4.78, 5) is 17.6.